The number of anilines is 1. The molecule has 224 valence electrons. The van der Waals surface area contributed by atoms with E-state index in [-0.39, 0.29) is 29.3 Å². The molecule has 0 saturated heterocycles. The minimum atomic E-state index is -4.11. The van der Waals surface area contributed by atoms with E-state index in [0.717, 1.165) is 46.7 Å². The van der Waals surface area contributed by atoms with Gasteiger partial charge in [-0.25, -0.2) is 8.42 Å². The van der Waals surface area contributed by atoms with E-state index in [1.807, 2.05) is 19.1 Å². The van der Waals surface area contributed by atoms with Crippen molar-refractivity contribution in [3.05, 3.63) is 94.5 Å². The Morgan fingerprint density at radius 1 is 0.905 bits per heavy atom. The Balaban J connectivity index is 1.69. The molecule has 7 nitrogen and oxygen atoms in total. The van der Waals surface area contributed by atoms with E-state index in [1.165, 1.54) is 4.90 Å². The maximum Gasteiger partial charge on any atom is 0.264 e. The van der Waals surface area contributed by atoms with Crippen molar-refractivity contribution in [1.29, 1.82) is 0 Å². The van der Waals surface area contributed by atoms with Crippen LogP contribution in [0.3, 0.4) is 0 Å². The number of rotatable bonds is 11. The number of nitrogens with zero attached hydrogens (tertiary/aromatic N) is 2. The molecular formula is C33H40ClN3O4S. The Bertz CT molecular complexity index is 1470. The number of hydrogen-bond donors (Lipinski definition) is 1. The van der Waals surface area contributed by atoms with Gasteiger partial charge in [-0.1, -0.05) is 80.3 Å². The summed E-state index contributed by atoms with van der Waals surface area (Å²) in [5.41, 5.74) is 3.14. The van der Waals surface area contributed by atoms with Gasteiger partial charge in [-0.2, -0.15) is 0 Å². The lowest BCUT2D eigenvalue weighted by molar-refractivity contribution is -0.139. The zero-order valence-electron chi connectivity index (χ0n) is 24.7. The first-order chi connectivity index (χ1) is 20.0. The predicted molar refractivity (Wildman–Crippen MR) is 168 cm³/mol. The first kappa shape index (κ1) is 31.6. The van der Waals surface area contributed by atoms with Crippen molar-refractivity contribution in [2.45, 2.75) is 82.8 Å². The highest BCUT2D eigenvalue weighted by Gasteiger charge is 2.33. The SMILES string of the molecule is Cc1ccc(S(=O)(=O)N(CC(=O)N(Cc2ccc(Cl)cc2)[C@@H](C)C(=O)NC2CCCC2)c2ccc(C(C)C)cc2)cc1. The normalized spacial score (nSPS) is 14.5. The summed E-state index contributed by atoms with van der Waals surface area (Å²) in [6.45, 7) is 7.35. The van der Waals surface area contributed by atoms with Crippen molar-refractivity contribution in [2.75, 3.05) is 10.8 Å². The highest BCUT2D eigenvalue weighted by Crippen LogP contribution is 2.27. The van der Waals surface area contributed by atoms with Crippen LogP contribution in [0.15, 0.2) is 77.7 Å². The van der Waals surface area contributed by atoms with Crippen LogP contribution in [0.5, 0.6) is 0 Å². The zero-order chi connectivity index (χ0) is 30.4. The summed E-state index contributed by atoms with van der Waals surface area (Å²) in [5.74, 6) is -0.474. The molecule has 1 saturated carbocycles. The summed E-state index contributed by atoms with van der Waals surface area (Å²) in [6, 6.07) is 20.1. The van der Waals surface area contributed by atoms with Gasteiger partial charge in [0.1, 0.15) is 12.6 Å². The number of nitrogens with one attached hydrogen (secondary N) is 1. The van der Waals surface area contributed by atoms with Crippen LogP contribution in [0.1, 0.15) is 69.1 Å². The molecule has 1 aliphatic rings. The summed E-state index contributed by atoms with van der Waals surface area (Å²) in [5, 5.41) is 3.65. The molecule has 0 spiro atoms. The van der Waals surface area contributed by atoms with E-state index in [9.17, 15) is 18.0 Å². The average molecular weight is 610 g/mol. The fourth-order valence-electron chi connectivity index (χ4n) is 5.15. The lowest BCUT2D eigenvalue weighted by atomic mass is 10.0. The molecule has 0 aliphatic heterocycles. The Kier molecular flexibility index (Phi) is 10.3. The number of sulfonamides is 1. The number of carbonyl (C=O) groups is 2. The molecular weight excluding hydrogens is 570 g/mol. The highest BCUT2D eigenvalue weighted by molar-refractivity contribution is 7.92. The van der Waals surface area contributed by atoms with Crippen molar-refractivity contribution in [3.63, 3.8) is 0 Å². The summed E-state index contributed by atoms with van der Waals surface area (Å²) in [7, 11) is -4.11. The van der Waals surface area contributed by atoms with Crippen LogP contribution in [0.4, 0.5) is 5.69 Å². The van der Waals surface area contributed by atoms with Gasteiger partial charge in [-0.15, -0.1) is 0 Å². The molecule has 3 aromatic rings. The van der Waals surface area contributed by atoms with Gasteiger partial charge in [0.25, 0.3) is 10.0 Å². The molecule has 1 N–H and O–H groups in total. The van der Waals surface area contributed by atoms with Gasteiger partial charge in [0.2, 0.25) is 11.8 Å². The smallest absolute Gasteiger partial charge is 0.264 e. The second-order valence-electron chi connectivity index (χ2n) is 11.4. The Morgan fingerprint density at radius 3 is 2.07 bits per heavy atom. The minimum Gasteiger partial charge on any atom is -0.352 e. The van der Waals surface area contributed by atoms with Crippen molar-refractivity contribution in [3.8, 4) is 0 Å². The molecule has 0 radical (unpaired) electrons. The molecule has 1 fully saturated rings. The van der Waals surface area contributed by atoms with Gasteiger partial charge in [0, 0.05) is 17.6 Å². The lowest BCUT2D eigenvalue weighted by Gasteiger charge is -2.32. The van der Waals surface area contributed by atoms with Crippen LogP contribution >= 0.6 is 11.6 Å². The van der Waals surface area contributed by atoms with Crippen molar-refractivity contribution in [1.82, 2.24) is 10.2 Å². The van der Waals surface area contributed by atoms with Crippen molar-refractivity contribution in [2.24, 2.45) is 0 Å². The van der Waals surface area contributed by atoms with Crippen LogP contribution < -0.4 is 9.62 Å². The van der Waals surface area contributed by atoms with Crippen molar-refractivity contribution < 1.29 is 18.0 Å². The van der Waals surface area contributed by atoms with Gasteiger partial charge in [-0.05, 0) is 80.1 Å². The number of aryl methyl sites for hydroxylation is 1. The van der Waals surface area contributed by atoms with Crippen molar-refractivity contribution >= 4 is 39.1 Å². The molecule has 0 aromatic heterocycles. The van der Waals surface area contributed by atoms with E-state index >= 15 is 0 Å². The van der Waals surface area contributed by atoms with Crippen LogP contribution in [-0.4, -0.2) is 43.8 Å². The van der Waals surface area contributed by atoms with Crippen LogP contribution in [0, 0.1) is 6.92 Å². The largest absolute Gasteiger partial charge is 0.352 e. The van der Waals surface area contributed by atoms with E-state index in [0.29, 0.717) is 10.7 Å². The molecule has 1 atom stereocenters. The second kappa shape index (κ2) is 13.7. The van der Waals surface area contributed by atoms with Gasteiger partial charge in [0.15, 0.2) is 0 Å². The number of amides is 2. The third-order valence-electron chi connectivity index (χ3n) is 7.87. The number of halogens is 1. The standard InChI is InChI=1S/C33H40ClN3O4S/c1-23(2)27-13-17-30(18-14-27)37(42(40,41)31-19-9-24(3)10-20-31)22-32(38)36(21-26-11-15-28(34)16-12-26)25(4)33(39)35-29-7-5-6-8-29/h9-20,23,25,29H,5-8,21-22H2,1-4H3,(H,35,39)/t25-/m0/s1. The van der Waals surface area contributed by atoms with Gasteiger partial charge in [-0.3, -0.25) is 13.9 Å². The van der Waals surface area contributed by atoms with Crippen LogP contribution in [0.2, 0.25) is 5.02 Å². The predicted octanol–water partition coefficient (Wildman–Crippen LogP) is 6.44. The maximum atomic E-state index is 14.1. The molecule has 0 heterocycles. The molecule has 4 rings (SSSR count). The third kappa shape index (κ3) is 7.72. The molecule has 0 unspecified atom stereocenters. The summed E-state index contributed by atoms with van der Waals surface area (Å²) >= 11 is 6.09. The lowest BCUT2D eigenvalue weighted by Crippen LogP contribution is -2.52. The van der Waals surface area contributed by atoms with Crippen LogP contribution in [-0.2, 0) is 26.2 Å². The molecule has 0 bridgehead atoms. The van der Waals surface area contributed by atoms with E-state index in [1.54, 1.807) is 67.6 Å². The molecule has 2 amide bonds. The summed E-state index contributed by atoms with van der Waals surface area (Å²) in [6.07, 6.45) is 3.96. The number of hydrogen-bond acceptors (Lipinski definition) is 4. The maximum absolute atomic E-state index is 14.1. The first-order valence-electron chi connectivity index (χ1n) is 14.5. The van der Waals surface area contributed by atoms with Crippen LogP contribution in [0.25, 0.3) is 0 Å². The Hall–Kier alpha value is -3.36. The monoisotopic (exact) mass is 609 g/mol. The van der Waals surface area contributed by atoms with E-state index in [4.69, 9.17) is 11.6 Å². The number of benzene rings is 3. The first-order valence-corrected chi connectivity index (χ1v) is 16.3. The third-order valence-corrected chi connectivity index (χ3v) is 9.91. The highest BCUT2D eigenvalue weighted by atomic mass is 35.5. The van der Waals surface area contributed by atoms with Gasteiger partial charge >= 0.3 is 0 Å². The topological polar surface area (TPSA) is 86.8 Å². The quantitative estimate of drug-likeness (QED) is 0.271. The Labute approximate surface area is 254 Å². The average Bonchev–Trinajstić information content (AvgIpc) is 3.48. The van der Waals surface area contributed by atoms with E-state index in [2.05, 4.69) is 19.2 Å². The zero-order valence-corrected chi connectivity index (χ0v) is 26.3. The molecule has 42 heavy (non-hydrogen) atoms. The fourth-order valence-corrected chi connectivity index (χ4v) is 6.69. The second-order valence-corrected chi connectivity index (χ2v) is 13.7. The number of carbonyl (C=O) groups excluding carboxylic acids is 2. The van der Waals surface area contributed by atoms with Gasteiger partial charge < -0.3 is 10.2 Å². The van der Waals surface area contributed by atoms with Gasteiger partial charge in [0.05, 0.1) is 10.6 Å². The Morgan fingerprint density at radius 2 is 1.50 bits per heavy atom. The summed E-state index contributed by atoms with van der Waals surface area (Å²) in [4.78, 5) is 29.0. The molecule has 3 aromatic carbocycles. The molecule has 1 aliphatic carbocycles. The van der Waals surface area contributed by atoms with E-state index < -0.39 is 28.5 Å². The minimum absolute atomic E-state index is 0.0881. The molecule has 9 heteroatoms. The fraction of sp³-hybridized carbons (Fsp3) is 0.394. The summed E-state index contributed by atoms with van der Waals surface area (Å²) < 4.78 is 29.2.